The molecule has 0 saturated carbocycles. The number of carbonyl (C=O) groups excluding carboxylic acids is 3. The second-order valence-electron chi connectivity index (χ2n) is 11.1. The number of carbonyl (C=O) groups is 3. The van der Waals surface area contributed by atoms with E-state index in [4.69, 9.17) is 4.74 Å². The summed E-state index contributed by atoms with van der Waals surface area (Å²) in [6, 6.07) is 12.3. The third-order valence-corrected chi connectivity index (χ3v) is 9.20. The number of ether oxygens (including phenoxy) is 1. The zero-order chi connectivity index (χ0) is 27.5. The van der Waals surface area contributed by atoms with Gasteiger partial charge >= 0.3 is 0 Å². The molecule has 4 aliphatic heterocycles. The standard InChI is InChI=1S/C31H35N3O5/c1-4-22(19-35)34-26-29(38)33(23-13-12-20-10-6-7-11-21(20)18-23)17-9-15-31(26)25(28(34)37)24-27(36)32(3)16-8-14-30(24,5-2)39-31/h6-15,18,22,24-26,35H,4-5,16-17,19H2,1-3H3/t22-,24+,25-,26?,30-,31-/m0/s1. The zero-order valence-corrected chi connectivity index (χ0v) is 22.6. The number of nitrogens with zero attached hydrogens (tertiary/aromatic N) is 3. The molecule has 204 valence electrons. The number of hydrogen-bond acceptors (Lipinski definition) is 5. The minimum atomic E-state index is -1.33. The summed E-state index contributed by atoms with van der Waals surface area (Å²) >= 11 is 0. The van der Waals surface area contributed by atoms with Crippen LogP contribution < -0.4 is 4.90 Å². The molecule has 8 heteroatoms. The fourth-order valence-corrected chi connectivity index (χ4v) is 7.20. The average molecular weight is 530 g/mol. The number of benzene rings is 2. The summed E-state index contributed by atoms with van der Waals surface area (Å²) in [5.41, 5.74) is -1.61. The van der Waals surface area contributed by atoms with E-state index in [1.165, 1.54) is 4.90 Å². The van der Waals surface area contributed by atoms with Crippen LogP contribution in [-0.4, -0.2) is 82.7 Å². The lowest BCUT2D eigenvalue weighted by molar-refractivity contribution is -0.152. The Balaban J connectivity index is 1.52. The summed E-state index contributed by atoms with van der Waals surface area (Å²) in [5, 5.41) is 12.4. The van der Waals surface area contributed by atoms with Gasteiger partial charge in [0.1, 0.15) is 11.6 Å². The molecule has 0 bridgehead atoms. The number of likely N-dealkylation sites (N-methyl/N-ethyl adjacent to an activating group) is 1. The molecule has 2 aromatic carbocycles. The van der Waals surface area contributed by atoms with Crippen molar-refractivity contribution in [3.63, 3.8) is 0 Å². The van der Waals surface area contributed by atoms with Crippen LogP contribution in [0.1, 0.15) is 26.7 Å². The maximum Gasteiger partial charge on any atom is 0.253 e. The van der Waals surface area contributed by atoms with E-state index in [9.17, 15) is 19.5 Å². The number of aliphatic hydroxyl groups excluding tert-OH is 1. The topological polar surface area (TPSA) is 90.4 Å². The molecule has 2 aromatic rings. The van der Waals surface area contributed by atoms with Crippen molar-refractivity contribution in [1.82, 2.24) is 9.80 Å². The van der Waals surface area contributed by atoms with Crippen molar-refractivity contribution >= 4 is 34.2 Å². The van der Waals surface area contributed by atoms with Crippen LogP contribution in [-0.2, 0) is 19.1 Å². The van der Waals surface area contributed by atoms with E-state index >= 15 is 0 Å². The normalized spacial score (nSPS) is 32.8. The molecule has 0 radical (unpaired) electrons. The van der Waals surface area contributed by atoms with Crippen LogP contribution in [0.3, 0.4) is 0 Å². The molecule has 1 spiro atoms. The Morgan fingerprint density at radius 3 is 2.41 bits per heavy atom. The minimum Gasteiger partial charge on any atom is -0.394 e. The van der Waals surface area contributed by atoms with Crippen LogP contribution in [0.5, 0.6) is 0 Å². The van der Waals surface area contributed by atoms with Gasteiger partial charge in [0, 0.05) is 25.8 Å². The van der Waals surface area contributed by atoms with E-state index < -0.39 is 35.1 Å². The lowest BCUT2D eigenvalue weighted by Gasteiger charge is -2.40. The third-order valence-electron chi connectivity index (χ3n) is 9.20. The molecule has 8 nitrogen and oxygen atoms in total. The van der Waals surface area contributed by atoms with Gasteiger partial charge in [0.2, 0.25) is 11.8 Å². The molecule has 6 atom stereocenters. The largest absolute Gasteiger partial charge is 0.394 e. The molecule has 2 saturated heterocycles. The molecular weight excluding hydrogens is 494 g/mol. The molecular formula is C31H35N3O5. The molecule has 6 rings (SSSR count). The zero-order valence-electron chi connectivity index (χ0n) is 22.6. The van der Waals surface area contributed by atoms with Crippen molar-refractivity contribution in [2.45, 2.75) is 50.0 Å². The average Bonchev–Trinajstić information content (AvgIpc) is 3.25. The first-order valence-electron chi connectivity index (χ1n) is 13.9. The number of hydrogen-bond donors (Lipinski definition) is 1. The van der Waals surface area contributed by atoms with Crippen molar-refractivity contribution in [3.05, 3.63) is 66.8 Å². The quantitative estimate of drug-likeness (QED) is 0.602. The first-order chi connectivity index (χ1) is 18.8. The Bertz CT molecular complexity index is 1400. The summed E-state index contributed by atoms with van der Waals surface area (Å²) < 4.78 is 6.95. The van der Waals surface area contributed by atoms with Gasteiger partial charge in [-0.05, 0) is 35.7 Å². The van der Waals surface area contributed by atoms with Crippen molar-refractivity contribution < 1.29 is 24.2 Å². The van der Waals surface area contributed by atoms with Crippen molar-refractivity contribution in [2.75, 3.05) is 31.6 Å². The summed E-state index contributed by atoms with van der Waals surface area (Å²) in [7, 11) is 1.73. The number of aliphatic hydroxyl groups is 1. The van der Waals surface area contributed by atoms with Gasteiger partial charge in [-0.25, -0.2) is 0 Å². The molecule has 4 heterocycles. The van der Waals surface area contributed by atoms with Crippen molar-refractivity contribution in [1.29, 1.82) is 0 Å². The number of likely N-dealkylation sites (tertiary alicyclic amines) is 1. The maximum atomic E-state index is 14.6. The molecule has 3 amide bonds. The second kappa shape index (κ2) is 9.31. The highest BCUT2D eigenvalue weighted by atomic mass is 16.5. The van der Waals surface area contributed by atoms with Crippen molar-refractivity contribution in [2.24, 2.45) is 11.8 Å². The van der Waals surface area contributed by atoms with Crippen LogP contribution in [0.2, 0.25) is 0 Å². The van der Waals surface area contributed by atoms with Crippen LogP contribution in [0.4, 0.5) is 5.69 Å². The number of rotatable bonds is 5. The lowest BCUT2D eigenvalue weighted by atomic mass is 9.73. The number of fused-ring (bicyclic) bond motifs is 3. The van der Waals surface area contributed by atoms with E-state index in [0.29, 0.717) is 25.9 Å². The van der Waals surface area contributed by atoms with E-state index in [2.05, 4.69) is 0 Å². The van der Waals surface area contributed by atoms with Crippen LogP contribution >= 0.6 is 0 Å². The third kappa shape index (κ3) is 3.54. The Morgan fingerprint density at radius 2 is 1.69 bits per heavy atom. The SMILES string of the molecule is CC[C@@H](CO)N1C(=O)[C@@H]2[C@@H]3C(=O)N(C)CC=C[C@]3(CC)O[C@@]23C=CCN(c2ccc4ccccc4c2)C(=O)C13. The summed E-state index contributed by atoms with van der Waals surface area (Å²) in [6.07, 6.45) is 8.54. The van der Waals surface area contributed by atoms with E-state index in [-0.39, 0.29) is 24.3 Å². The number of amides is 3. The minimum absolute atomic E-state index is 0.161. The monoisotopic (exact) mass is 529 g/mol. The van der Waals surface area contributed by atoms with E-state index in [1.807, 2.05) is 80.6 Å². The van der Waals surface area contributed by atoms with Gasteiger partial charge in [0.25, 0.3) is 5.91 Å². The highest BCUT2D eigenvalue weighted by molar-refractivity contribution is 6.06. The molecule has 39 heavy (non-hydrogen) atoms. The first-order valence-corrected chi connectivity index (χ1v) is 13.9. The first kappa shape index (κ1) is 25.8. The van der Waals surface area contributed by atoms with Crippen LogP contribution in [0, 0.1) is 11.8 Å². The summed E-state index contributed by atoms with van der Waals surface area (Å²) in [5.74, 6) is -2.39. The van der Waals surface area contributed by atoms with Crippen molar-refractivity contribution in [3.8, 4) is 0 Å². The summed E-state index contributed by atoms with van der Waals surface area (Å²) in [4.78, 5) is 47.7. The number of anilines is 1. The van der Waals surface area contributed by atoms with Gasteiger partial charge in [-0.15, -0.1) is 0 Å². The van der Waals surface area contributed by atoms with Gasteiger partial charge < -0.3 is 24.5 Å². The van der Waals surface area contributed by atoms with E-state index in [1.54, 1.807) is 16.8 Å². The second-order valence-corrected chi connectivity index (χ2v) is 11.1. The van der Waals surface area contributed by atoms with Crippen LogP contribution in [0.15, 0.2) is 66.8 Å². The predicted octanol–water partition coefficient (Wildman–Crippen LogP) is 2.90. The van der Waals surface area contributed by atoms with Crippen LogP contribution in [0.25, 0.3) is 10.8 Å². The van der Waals surface area contributed by atoms with Gasteiger partial charge in [-0.1, -0.05) is 68.5 Å². The molecule has 1 N–H and O–H groups in total. The Morgan fingerprint density at radius 1 is 0.949 bits per heavy atom. The molecule has 4 aliphatic rings. The lowest BCUT2D eigenvalue weighted by Crippen LogP contribution is -2.59. The Hall–Kier alpha value is -3.49. The Kier molecular flexibility index (Phi) is 6.15. The fraction of sp³-hybridized carbons (Fsp3) is 0.452. The summed E-state index contributed by atoms with van der Waals surface area (Å²) in [6.45, 7) is 4.29. The van der Waals surface area contributed by atoms with Gasteiger partial charge in [0.05, 0.1) is 30.1 Å². The Labute approximate surface area is 228 Å². The molecule has 1 unspecified atom stereocenters. The molecule has 0 aliphatic carbocycles. The van der Waals surface area contributed by atoms with Gasteiger partial charge in [-0.3, -0.25) is 14.4 Å². The molecule has 0 aromatic heterocycles. The predicted molar refractivity (Wildman–Crippen MR) is 148 cm³/mol. The van der Waals surface area contributed by atoms with Gasteiger partial charge in [0.15, 0.2) is 0 Å². The highest BCUT2D eigenvalue weighted by Crippen LogP contribution is 2.59. The van der Waals surface area contributed by atoms with E-state index in [0.717, 1.165) is 16.5 Å². The fourth-order valence-electron chi connectivity index (χ4n) is 7.20. The maximum absolute atomic E-state index is 14.6. The smallest absolute Gasteiger partial charge is 0.253 e. The van der Waals surface area contributed by atoms with Gasteiger partial charge in [-0.2, -0.15) is 0 Å². The molecule has 2 fully saturated rings. The highest BCUT2D eigenvalue weighted by Gasteiger charge is 2.75.